The lowest BCUT2D eigenvalue weighted by Crippen LogP contribution is -2.20. The van der Waals surface area contributed by atoms with Crippen molar-refractivity contribution in [2.45, 2.75) is 6.92 Å². The van der Waals surface area contributed by atoms with E-state index in [0.717, 1.165) is 21.9 Å². The highest BCUT2D eigenvalue weighted by Crippen LogP contribution is 2.33. The summed E-state index contributed by atoms with van der Waals surface area (Å²) in [5.74, 6) is 0.867. The molecular formula is C26H20N2O3. The van der Waals surface area contributed by atoms with Crippen LogP contribution in [0.25, 0.3) is 33.3 Å². The van der Waals surface area contributed by atoms with E-state index in [9.17, 15) is 4.79 Å². The molecule has 5 nitrogen and oxygen atoms in total. The highest BCUT2D eigenvalue weighted by atomic mass is 16.5. The molecule has 0 radical (unpaired) electrons. The molecule has 0 saturated carbocycles. The van der Waals surface area contributed by atoms with Crippen molar-refractivity contribution in [1.82, 2.24) is 4.98 Å². The maximum atomic E-state index is 12.5. The van der Waals surface area contributed by atoms with Crippen LogP contribution in [0.1, 0.15) is 5.56 Å². The highest BCUT2D eigenvalue weighted by molar-refractivity contribution is 6.04. The Labute approximate surface area is 179 Å². The highest BCUT2D eigenvalue weighted by Gasteiger charge is 2.15. The summed E-state index contributed by atoms with van der Waals surface area (Å²) in [4.78, 5) is 17.2. The molecule has 1 amide bonds. The summed E-state index contributed by atoms with van der Waals surface area (Å²) in [6.45, 7) is 1.89. The number of ether oxygens (including phenoxy) is 1. The van der Waals surface area contributed by atoms with E-state index in [1.807, 2.05) is 91.9 Å². The number of para-hydroxylation sites is 1. The minimum absolute atomic E-state index is 0.0873. The maximum Gasteiger partial charge on any atom is 0.262 e. The van der Waals surface area contributed by atoms with Crippen LogP contribution in [0, 0.1) is 6.92 Å². The molecule has 4 aromatic carbocycles. The first kappa shape index (κ1) is 18.9. The molecule has 5 aromatic rings. The van der Waals surface area contributed by atoms with E-state index in [1.165, 1.54) is 0 Å². The quantitative estimate of drug-likeness (QED) is 0.389. The Morgan fingerprint density at radius 2 is 1.81 bits per heavy atom. The van der Waals surface area contributed by atoms with E-state index in [0.29, 0.717) is 28.5 Å². The lowest BCUT2D eigenvalue weighted by molar-refractivity contribution is -0.118. The number of benzene rings is 4. The molecule has 1 heterocycles. The summed E-state index contributed by atoms with van der Waals surface area (Å²) in [6.07, 6.45) is 0. The van der Waals surface area contributed by atoms with Gasteiger partial charge < -0.3 is 14.5 Å². The fraction of sp³-hybridized carbons (Fsp3) is 0.0769. The number of hydrogen-bond donors (Lipinski definition) is 1. The molecule has 1 aromatic heterocycles. The summed E-state index contributed by atoms with van der Waals surface area (Å²) >= 11 is 0. The number of carbonyl (C=O) groups is 1. The zero-order valence-electron chi connectivity index (χ0n) is 17.0. The van der Waals surface area contributed by atoms with Crippen molar-refractivity contribution in [3.05, 3.63) is 90.5 Å². The maximum absolute atomic E-state index is 12.5. The summed E-state index contributed by atoms with van der Waals surface area (Å²) in [5.41, 5.74) is 3.92. The fourth-order valence-corrected chi connectivity index (χ4v) is 3.60. The Bertz CT molecular complexity index is 1400. The normalized spacial score (nSPS) is 11.0. The fourth-order valence-electron chi connectivity index (χ4n) is 3.60. The lowest BCUT2D eigenvalue weighted by Gasteiger charge is -2.10. The molecule has 0 unspecified atom stereocenters. The lowest BCUT2D eigenvalue weighted by atomic mass is 10.1. The Kier molecular flexibility index (Phi) is 4.84. The Hall–Kier alpha value is -4.12. The van der Waals surface area contributed by atoms with Gasteiger partial charge in [-0.25, -0.2) is 4.98 Å². The summed E-state index contributed by atoms with van der Waals surface area (Å²) in [7, 11) is 0. The van der Waals surface area contributed by atoms with Crippen LogP contribution in [-0.4, -0.2) is 17.5 Å². The molecule has 0 spiro atoms. The molecule has 0 atom stereocenters. The molecule has 5 heteroatoms. The third-order valence-corrected chi connectivity index (χ3v) is 5.07. The van der Waals surface area contributed by atoms with Gasteiger partial charge in [0, 0.05) is 5.39 Å². The number of nitrogens with zero attached hydrogens (tertiary/aromatic N) is 1. The van der Waals surface area contributed by atoms with Gasteiger partial charge in [0.25, 0.3) is 5.91 Å². The van der Waals surface area contributed by atoms with Gasteiger partial charge in [0.05, 0.1) is 11.3 Å². The molecule has 1 N–H and O–H groups in total. The first-order valence-electron chi connectivity index (χ1n) is 10.0. The smallest absolute Gasteiger partial charge is 0.262 e. The van der Waals surface area contributed by atoms with Crippen LogP contribution in [0.15, 0.2) is 89.3 Å². The van der Waals surface area contributed by atoms with Gasteiger partial charge in [-0.3, -0.25) is 4.79 Å². The first-order valence-corrected chi connectivity index (χ1v) is 10.0. The van der Waals surface area contributed by atoms with Crippen molar-refractivity contribution in [3.8, 4) is 17.2 Å². The number of amides is 1. The van der Waals surface area contributed by atoms with Gasteiger partial charge in [-0.15, -0.1) is 0 Å². The summed E-state index contributed by atoms with van der Waals surface area (Å²) in [5, 5.41) is 5.04. The average Bonchev–Trinajstić information content (AvgIpc) is 3.23. The van der Waals surface area contributed by atoms with Crippen LogP contribution in [0.5, 0.6) is 5.75 Å². The number of nitrogens with one attached hydrogen (secondary N) is 1. The van der Waals surface area contributed by atoms with Crippen molar-refractivity contribution in [1.29, 1.82) is 0 Å². The first-order chi connectivity index (χ1) is 15.2. The van der Waals surface area contributed by atoms with Gasteiger partial charge in [-0.2, -0.15) is 0 Å². The number of fused-ring (bicyclic) bond motifs is 3. The third-order valence-electron chi connectivity index (χ3n) is 5.07. The molecule has 0 aliphatic rings. The molecule has 0 aliphatic carbocycles. The van der Waals surface area contributed by atoms with Crippen molar-refractivity contribution in [2.75, 3.05) is 11.9 Å². The van der Waals surface area contributed by atoms with Crippen molar-refractivity contribution in [2.24, 2.45) is 0 Å². The summed E-state index contributed by atoms with van der Waals surface area (Å²) < 4.78 is 11.6. The zero-order chi connectivity index (χ0) is 21.2. The van der Waals surface area contributed by atoms with Crippen LogP contribution < -0.4 is 10.1 Å². The number of aromatic nitrogens is 1. The van der Waals surface area contributed by atoms with Gasteiger partial charge in [-0.05, 0) is 48.2 Å². The van der Waals surface area contributed by atoms with Gasteiger partial charge in [0.15, 0.2) is 12.2 Å². The zero-order valence-corrected chi connectivity index (χ0v) is 17.0. The number of rotatable bonds is 5. The van der Waals surface area contributed by atoms with Gasteiger partial charge in [-0.1, -0.05) is 54.6 Å². The monoisotopic (exact) mass is 408 g/mol. The second kappa shape index (κ2) is 7.95. The van der Waals surface area contributed by atoms with Crippen LogP contribution in [0.4, 0.5) is 5.69 Å². The number of hydrogen-bond acceptors (Lipinski definition) is 4. The van der Waals surface area contributed by atoms with E-state index in [1.54, 1.807) is 0 Å². The Balaban J connectivity index is 1.41. The molecule has 152 valence electrons. The third kappa shape index (κ3) is 3.85. The van der Waals surface area contributed by atoms with Gasteiger partial charge in [0.1, 0.15) is 11.3 Å². The molecular weight excluding hydrogens is 388 g/mol. The number of oxazole rings is 1. The van der Waals surface area contributed by atoms with E-state index in [4.69, 9.17) is 14.1 Å². The molecule has 0 saturated heterocycles. The van der Waals surface area contributed by atoms with E-state index >= 15 is 0 Å². The molecule has 0 aliphatic heterocycles. The molecule has 5 rings (SSSR count). The van der Waals surface area contributed by atoms with Gasteiger partial charge >= 0.3 is 0 Å². The van der Waals surface area contributed by atoms with Crippen LogP contribution in [0.2, 0.25) is 0 Å². The summed E-state index contributed by atoms with van der Waals surface area (Å²) in [6, 6.07) is 27.1. The standard InChI is InChI=1S/C26H20N2O3/c1-17-7-6-9-19(15-17)30-16-24(29)27-22-12-5-4-11-21(22)26-28-25-20-10-3-2-8-18(20)13-14-23(25)31-26/h2-15H,16H2,1H3,(H,27,29). The van der Waals surface area contributed by atoms with Crippen molar-refractivity contribution >= 4 is 33.5 Å². The van der Waals surface area contributed by atoms with E-state index < -0.39 is 0 Å². The predicted molar refractivity (Wildman–Crippen MR) is 122 cm³/mol. The average molecular weight is 408 g/mol. The Morgan fingerprint density at radius 1 is 0.968 bits per heavy atom. The van der Waals surface area contributed by atoms with Crippen LogP contribution in [-0.2, 0) is 4.79 Å². The van der Waals surface area contributed by atoms with Gasteiger partial charge in [0.2, 0.25) is 5.89 Å². The number of anilines is 1. The Morgan fingerprint density at radius 3 is 2.71 bits per heavy atom. The number of aryl methyl sites for hydroxylation is 1. The van der Waals surface area contributed by atoms with Crippen molar-refractivity contribution in [3.63, 3.8) is 0 Å². The van der Waals surface area contributed by atoms with Crippen LogP contribution >= 0.6 is 0 Å². The number of carbonyl (C=O) groups excluding carboxylic acids is 1. The topological polar surface area (TPSA) is 64.4 Å². The van der Waals surface area contributed by atoms with E-state index in [2.05, 4.69) is 5.32 Å². The van der Waals surface area contributed by atoms with Crippen LogP contribution in [0.3, 0.4) is 0 Å². The molecule has 0 fully saturated rings. The second-order valence-electron chi connectivity index (χ2n) is 7.35. The van der Waals surface area contributed by atoms with Crippen molar-refractivity contribution < 1.29 is 13.9 Å². The molecule has 0 bridgehead atoms. The SMILES string of the molecule is Cc1cccc(OCC(=O)Nc2ccccc2-c2nc3c(ccc4ccccc43)o2)c1. The predicted octanol–water partition coefficient (Wildman–Crippen LogP) is 5.97. The largest absolute Gasteiger partial charge is 0.484 e. The van der Waals surface area contributed by atoms with E-state index in [-0.39, 0.29) is 12.5 Å². The minimum Gasteiger partial charge on any atom is -0.484 e. The molecule has 31 heavy (non-hydrogen) atoms. The minimum atomic E-state index is -0.254. The second-order valence-corrected chi connectivity index (χ2v) is 7.35.